The number of Topliss-reactive ketones (excluding diaryl/α,β-unsaturated/α-hetero) is 1. The van der Waals surface area contributed by atoms with Gasteiger partial charge in [0.25, 0.3) is 0 Å². The predicted molar refractivity (Wildman–Crippen MR) is 223 cm³/mol. The van der Waals surface area contributed by atoms with E-state index in [-0.39, 0.29) is 56.8 Å². The first-order valence-electron chi connectivity index (χ1n) is 19.6. The minimum Gasteiger partial charge on any atom is -0.448 e. The number of benzene rings is 4. The first kappa shape index (κ1) is 41.9. The molecule has 0 saturated carbocycles. The Kier molecular flexibility index (Phi) is 13.8. The predicted octanol–water partition coefficient (Wildman–Crippen LogP) is 8.87. The molecular weight excluding hydrogens is 761 g/mol. The number of carbonyl (C=O) groups is 4. The monoisotopic (exact) mass is 811 g/mol. The molecule has 11 heteroatoms. The van der Waals surface area contributed by atoms with E-state index in [1.807, 2.05) is 82.3 Å². The lowest BCUT2D eigenvalue weighted by Crippen LogP contribution is -2.57. The summed E-state index contributed by atoms with van der Waals surface area (Å²) in [6.07, 6.45) is 0.650. The highest BCUT2D eigenvalue weighted by atomic mass is 35.5. The van der Waals surface area contributed by atoms with Gasteiger partial charge < -0.3 is 19.7 Å². The molecule has 4 aromatic carbocycles. The van der Waals surface area contributed by atoms with E-state index in [0.717, 1.165) is 27.8 Å². The van der Waals surface area contributed by atoms with Gasteiger partial charge in [-0.25, -0.2) is 4.79 Å². The lowest BCUT2D eigenvalue weighted by molar-refractivity contribution is -0.148. The van der Waals surface area contributed by atoms with Crippen LogP contribution in [0.1, 0.15) is 75.1 Å². The maximum absolute atomic E-state index is 14.9. The molecule has 1 N–H and O–H groups in total. The van der Waals surface area contributed by atoms with Crippen molar-refractivity contribution in [2.75, 3.05) is 26.3 Å². The van der Waals surface area contributed by atoms with E-state index in [2.05, 4.69) is 29.6 Å². The van der Waals surface area contributed by atoms with Crippen LogP contribution in [0, 0.1) is 5.92 Å². The molecule has 57 heavy (non-hydrogen) atoms. The van der Waals surface area contributed by atoms with Crippen LogP contribution < -0.4 is 5.32 Å². The van der Waals surface area contributed by atoms with Gasteiger partial charge in [-0.1, -0.05) is 115 Å². The molecule has 3 amide bonds. The number of hydrogen-bond acceptors (Lipinski definition) is 6. The summed E-state index contributed by atoms with van der Waals surface area (Å²) in [7, 11) is 0. The van der Waals surface area contributed by atoms with Crippen molar-refractivity contribution in [3.05, 3.63) is 129 Å². The highest BCUT2D eigenvalue weighted by Gasteiger charge is 2.44. The summed E-state index contributed by atoms with van der Waals surface area (Å²) in [6.45, 7) is 7.96. The second-order valence-electron chi connectivity index (χ2n) is 16.0. The van der Waals surface area contributed by atoms with Crippen molar-refractivity contribution in [1.29, 1.82) is 0 Å². The Bertz CT molecular complexity index is 2020. The summed E-state index contributed by atoms with van der Waals surface area (Å²) in [6, 6.07) is 29.1. The van der Waals surface area contributed by atoms with Gasteiger partial charge in [0.05, 0.1) is 22.3 Å². The fourth-order valence-corrected chi connectivity index (χ4v) is 7.98. The van der Waals surface area contributed by atoms with Crippen LogP contribution in [0.4, 0.5) is 4.79 Å². The first-order valence-corrected chi connectivity index (χ1v) is 20.4. The zero-order valence-corrected chi connectivity index (χ0v) is 34.5. The van der Waals surface area contributed by atoms with Gasteiger partial charge in [0.1, 0.15) is 24.5 Å². The molecule has 300 valence electrons. The van der Waals surface area contributed by atoms with E-state index >= 15 is 0 Å². The molecule has 0 radical (unpaired) electrons. The Morgan fingerprint density at radius 3 is 2.14 bits per heavy atom. The summed E-state index contributed by atoms with van der Waals surface area (Å²) in [5.41, 5.74) is 5.52. The molecule has 0 unspecified atom stereocenters. The van der Waals surface area contributed by atoms with E-state index < -0.39 is 35.6 Å². The fourth-order valence-electron chi connectivity index (χ4n) is 7.66. The molecule has 0 bridgehead atoms. The third-order valence-electron chi connectivity index (χ3n) is 10.6. The SMILES string of the molecule is C[C@@H]1C[C@@H](C(=O)N(CCC(=O)CCc2ccccc2)[C@H](COC(C)(C)C)C(=O)NCc2ccc(Cl)c(Cl)c2)N(C(=O)OCC2c3ccccc3-c3ccccc32)C1. The number of rotatable bonds is 15. The summed E-state index contributed by atoms with van der Waals surface area (Å²) in [4.78, 5) is 59.4. The van der Waals surface area contributed by atoms with Crippen molar-refractivity contribution >= 4 is 46.9 Å². The van der Waals surface area contributed by atoms with Gasteiger partial charge in [-0.05, 0) is 85.0 Å². The van der Waals surface area contributed by atoms with Crippen LogP contribution in [0.3, 0.4) is 0 Å². The van der Waals surface area contributed by atoms with Crippen LogP contribution in [0.2, 0.25) is 10.0 Å². The number of ether oxygens (including phenoxy) is 2. The number of nitrogens with zero attached hydrogens (tertiary/aromatic N) is 2. The van der Waals surface area contributed by atoms with Gasteiger partial charge in [0.15, 0.2) is 0 Å². The van der Waals surface area contributed by atoms with Gasteiger partial charge in [0, 0.05) is 38.4 Å². The van der Waals surface area contributed by atoms with Gasteiger partial charge >= 0.3 is 6.09 Å². The molecule has 2 aliphatic rings. The van der Waals surface area contributed by atoms with Crippen LogP contribution in [0.5, 0.6) is 0 Å². The summed E-state index contributed by atoms with van der Waals surface area (Å²) < 4.78 is 12.2. The maximum Gasteiger partial charge on any atom is 0.410 e. The minimum absolute atomic E-state index is 0.0125. The molecule has 0 spiro atoms. The lowest BCUT2D eigenvalue weighted by atomic mass is 9.98. The third kappa shape index (κ3) is 10.6. The van der Waals surface area contributed by atoms with Crippen LogP contribution in [0.25, 0.3) is 11.1 Å². The molecule has 0 aromatic heterocycles. The zero-order chi connectivity index (χ0) is 40.7. The van der Waals surface area contributed by atoms with Gasteiger partial charge in [0.2, 0.25) is 11.8 Å². The molecule has 9 nitrogen and oxygen atoms in total. The smallest absolute Gasteiger partial charge is 0.410 e. The number of aryl methyl sites for hydroxylation is 1. The van der Waals surface area contributed by atoms with Crippen molar-refractivity contribution in [1.82, 2.24) is 15.1 Å². The van der Waals surface area contributed by atoms with E-state index in [1.165, 1.54) is 9.80 Å². The molecule has 4 aromatic rings. The van der Waals surface area contributed by atoms with Crippen LogP contribution in [-0.2, 0) is 36.8 Å². The molecule has 1 fully saturated rings. The zero-order valence-electron chi connectivity index (χ0n) is 33.0. The Morgan fingerprint density at radius 2 is 1.49 bits per heavy atom. The van der Waals surface area contributed by atoms with Crippen LogP contribution in [-0.4, -0.2) is 77.5 Å². The minimum atomic E-state index is -1.11. The van der Waals surface area contributed by atoms with Crippen molar-refractivity contribution in [2.24, 2.45) is 5.92 Å². The summed E-state index contributed by atoms with van der Waals surface area (Å²) in [5, 5.41) is 3.69. The largest absolute Gasteiger partial charge is 0.448 e. The number of halogens is 2. The summed E-state index contributed by atoms with van der Waals surface area (Å²) in [5.74, 6) is -1.10. The Labute approximate surface area is 345 Å². The fraction of sp³-hybridized carbons (Fsp3) is 0.391. The second kappa shape index (κ2) is 18.7. The first-order chi connectivity index (χ1) is 27.3. The lowest BCUT2D eigenvalue weighted by Gasteiger charge is -2.36. The van der Waals surface area contributed by atoms with Crippen molar-refractivity contribution in [3.63, 3.8) is 0 Å². The van der Waals surface area contributed by atoms with Crippen LogP contribution in [0.15, 0.2) is 97.1 Å². The van der Waals surface area contributed by atoms with Crippen molar-refractivity contribution < 1.29 is 28.7 Å². The average molecular weight is 813 g/mol. The molecule has 1 aliphatic heterocycles. The quantitative estimate of drug-likeness (QED) is 0.129. The molecular formula is C46H51Cl2N3O6. The number of carbonyl (C=O) groups excluding carboxylic acids is 4. The Balaban J connectivity index is 1.23. The maximum atomic E-state index is 14.9. The third-order valence-corrected chi connectivity index (χ3v) is 11.4. The van der Waals surface area contributed by atoms with Crippen molar-refractivity contribution in [3.8, 4) is 11.1 Å². The van der Waals surface area contributed by atoms with Crippen molar-refractivity contribution in [2.45, 2.75) is 83.5 Å². The normalized spacial score (nSPS) is 16.8. The average Bonchev–Trinajstić information content (AvgIpc) is 3.75. The molecule has 6 rings (SSSR count). The van der Waals surface area contributed by atoms with E-state index in [0.29, 0.717) is 35.0 Å². The number of hydrogen-bond donors (Lipinski definition) is 1. The Hall–Kier alpha value is -4.70. The standard InChI is InChI=1S/C46H51Cl2N3O6/c1-30-24-41(51(27-30)45(55)56-28-38-36-16-10-8-14-34(36)35-15-9-11-17-37(35)38)44(54)50(23-22-33(52)20-18-31-12-6-5-7-13-31)42(29-57-46(2,3)4)43(53)49-26-32-19-21-39(47)40(48)25-32/h5-17,19,21,25,30,38,41-42H,18,20,22-24,26-29H2,1-4H3,(H,49,53)/t30-,41+,42-/m1/s1. The number of nitrogens with one attached hydrogen (secondary N) is 1. The molecule has 1 saturated heterocycles. The van der Waals surface area contributed by atoms with Gasteiger partial charge in [-0.2, -0.15) is 0 Å². The summed E-state index contributed by atoms with van der Waals surface area (Å²) >= 11 is 12.4. The van der Waals surface area contributed by atoms with E-state index in [9.17, 15) is 19.2 Å². The highest BCUT2D eigenvalue weighted by molar-refractivity contribution is 6.42. The van der Waals surface area contributed by atoms with Gasteiger partial charge in [-0.3, -0.25) is 19.3 Å². The molecule has 1 heterocycles. The molecule has 1 aliphatic carbocycles. The number of amides is 3. The Morgan fingerprint density at radius 1 is 0.842 bits per heavy atom. The van der Waals surface area contributed by atoms with E-state index in [1.54, 1.807) is 18.2 Å². The molecule has 3 atom stereocenters. The second-order valence-corrected chi connectivity index (χ2v) is 16.8. The van der Waals surface area contributed by atoms with E-state index in [4.69, 9.17) is 32.7 Å². The number of ketones is 1. The highest BCUT2D eigenvalue weighted by Crippen LogP contribution is 2.44. The number of likely N-dealkylation sites (tertiary alicyclic amines) is 1. The topological polar surface area (TPSA) is 105 Å². The van der Waals surface area contributed by atoms with Crippen LogP contribution >= 0.6 is 23.2 Å². The number of fused-ring (bicyclic) bond motifs is 3. The van der Waals surface area contributed by atoms with Gasteiger partial charge in [-0.15, -0.1) is 0 Å².